The van der Waals surface area contributed by atoms with Gasteiger partial charge in [0.15, 0.2) is 6.61 Å². The van der Waals surface area contributed by atoms with Crippen LogP contribution >= 0.6 is 15.9 Å². The first-order chi connectivity index (χ1) is 18.8. The molecule has 0 aromatic heterocycles. The van der Waals surface area contributed by atoms with Crippen LogP contribution in [0.1, 0.15) is 59.9 Å². The van der Waals surface area contributed by atoms with Gasteiger partial charge >= 0.3 is 0 Å². The molecule has 3 aromatic carbocycles. The quantitative estimate of drug-likeness (QED) is 0.281. The van der Waals surface area contributed by atoms with Crippen molar-refractivity contribution < 1.29 is 14.3 Å². The van der Waals surface area contributed by atoms with Crippen molar-refractivity contribution >= 4 is 27.7 Å². The minimum Gasteiger partial charge on any atom is -0.484 e. The third-order valence-electron chi connectivity index (χ3n) is 7.47. The molecule has 0 bridgehead atoms. The molecule has 0 unspecified atom stereocenters. The van der Waals surface area contributed by atoms with Crippen LogP contribution in [-0.4, -0.2) is 35.4 Å². The van der Waals surface area contributed by atoms with E-state index >= 15 is 0 Å². The van der Waals surface area contributed by atoms with Gasteiger partial charge in [-0.25, -0.2) is 0 Å². The molecule has 0 saturated heterocycles. The number of benzene rings is 3. The smallest absolute Gasteiger partial charge is 0.261 e. The molecule has 0 aliphatic heterocycles. The van der Waals surface area contributed by atoms with Gasteiger partial charge in [-0.1, -0.05) is 95.4 Å². The maximum Gasteiger partial charge on any atom is 0.261 e. The van der Waals surface area contributed by atoms with Crippen molar-refractivity contribution in [3.05, 3.63) is 99.0 Å². The summed E-state index contributed by atoms with van der Waals surface area (Å²) in [5, 5.41) is 3.29. The lowest BCUT2D eigenvalue weighted by atomic mass is 9.94. The van der Waals surface area contributed by atoms with Crippen molar-refractivity contribution in [1.29, 1.82) is 0 Å². The average molecular weight is 592 g/mol. The van der Waals surface area contributed by atoms with Crippen LogP contribution in [0.15, 0.2) is 71.2 Å². The SMILES string of the molecule is Cc1ccc(CN(C(=O)COc2cc(C)c(Br)c(C)c2)[C@H](Cc2ccccc2)C(=O)NC2CCCCC2)cc1. The molecular weight excluding hydrogens is 552 g/mol. The maximum atomic E-state index is 13.9. The molecule has 0 spiro atoms. The summed E-state index contributed by atoms with van der Waals surface area (Å²) < 4.78 is 7.04. The summed E-state index contributed by atoms with van der Waals surface area (Å²) in [4.78, 5) is 29.4. The van der Waals surface area contributed by atoms with E-state index in [2.05, 4.69) is 21.2 Å². The minimum absolute atomic E-state index is 0.0958. The molecule has 5 nitrogen and oxygen atoms in total. The maximum absolute atomic E-state index is 13.9. The van der Waals surface area contributed by atoms with Gasteiger partial charge in [0.2, 0.25) is 5.91 Å². The van der Waals surface area contributed by atoms with Crippen LogP contribution < -0.4 is 10.1 Å². The molecular formula is C33H39BrN2O3. The largest absolute Gasteiger partial charge is 0.484 e. The number of hydrogen-bond donors (Lipinski definition) is 1. The van der Waals surface area contributed by atoms with E-state index in [0.29, 0.717) is 18.7 Å². The van der Waals surface area contributed by atoms with Crippen molar-refractivity contribution in [2.45, 2.75) is 77.9 Å². The van der Waals surface area contributed by atoms with Gasteiger partial charge in [0.05, 0.1) is 0 Å². The van der Waals surface area contributed by atoms with Crippen LogP contribution in [0.25, 0.3) is 0 Å². The first-order valence-electron chi connectivity index (χ1n) is 13.9. The molecule has 2 amide bonds. The lowest BCUT2D eigenvalue weighted by molar-refractivity contribution is -0.143. The van der Waals surface area contributed by atoms with Crippen molar-refractivity contribution in [3.8, 4) is 5.75 Å². The molecule has 0 radical (unpaired) electrons. The highest BCUT2D eigenvalue weighted by molar-refractivity contribution is 9.10. The number of halogens is 1. The van der Waals surface area contributed by atoms with E-state index in [1.165, 1.54) is 6.42 Å². The van der Waals surface area contributed by atoms with Crippen LogP contribution in [-0.2, 0) is 22.6 Å². The Labute approximate surface area is 241 Å². The third-order valence-corrected chi connectivity index (χ3v) is 8.72. The molecule has 3 aromatic rings. The number of nitrogens with one attached hydrogen (secondary N) is 1. The van der Waals surface area contributed by atoms with E-state index < -0.39 is 6.04 Å². The topological polar surface area (TPSA) is 58.6 Å². The highest BCUT2D eigenvalue weighted by Crippen LogP contribution is 2.27. The van der Waals surface area contributed by atoms with Crippen molar-refractivity contribution in [2.75, 3.05) is 6.61 Å². The Balaban J connectivity index is 1.61. The second-order valence-corrected chi connectivity index (χ2v) is 11.5. The Bertz CT molecular complexity index is 1230. The van der Waals surface area contributed by atoms with Crippen LogP contribution in [0.4, 0.5) is 0 Å². The second-order valence-electron chi connectivity index (χ2n) is 10.7. The number of carbonyl (C=O) groups excluding carboxylic acids is 2. The molecule has 1 aliphatic carbocycles. The normalized spacial score (nSPS) is 14.5. The molecule has 1 atom stereocenters. The summed E-state index contributed by atoms with van der Waals surface area (Å²) >= 11 is 3.59. The Hall–Kier alpha value is -3.12. The van der Waals surface area contributed by atoms with E-state index in [1.807, 2.05) is 87.5 Å². The van der Waals surface area contributed by atoms with E-state index in [4.69, 9.17) is 4.74 Å². The van der Waals surface area contributed by atoms with Crippen LogP contribution in [0.5, 0.6) is 5.75 Å². The van der Waals surface area contributed by atoms with Gasteiger partial charge in [-0.3, -0.25) is 9.59 Å². The van der Waals surface area contributed by atoms with Crippen LogP contribution in [0.2, 0.25) is 0 Å². The fourth-order valence-electron chi connectivity index (χ4n) is 5.21. The number of rotatable bonds is 10. The number of nitrogens with zero attached hydrogens (tertiary/aromatic N) is 1. The molecule has 6 heteroatoms. The zero-order valence-electron chi connectivity index (χ0n) is 23.2. The van der Waals surface area contributed by atoms with E-state index in [9.17, 15) is 9.59 Å². The Morgan fingerprint density at radius 2 is 1.56 bits per heavy atom. The number of ether oxygens (including phenoxy) is 1. The van der Waals surface area contributed by atoms with Gasteiger partial charge in [0, 0.05) is 23.5 Å². The number of aryl methyl sites for hydroxylation is 3. The van der Waals surface area contributed by atoms with Crippen LogP contribution in [0.3, 0.4) is 0 Å². The first-order valence-corrected chi connectivity index (χ1v) is 14.7. The van der Waals surface area contributed by atoms with Crippen molar-refractivity contribution in [2.24, 2.45) is 0 Å². The van der Waals surface area contributed by atoms with Crippen molar-refractivity contribution in [1.82, 2.24) is 10.2 Å². The highest BCUT2D eigenvalue weighted by Gasteiger charge is 2.32. The monoisotopic (exact) mass is 590 g/mol. The predicted octanol–water partition coefficient (Wildman–Crippen LogP) is 6.84. The average Bonchev–Trinajstić information content (AvgIpc) is 2.94. The van der Waals surface area contributed by atoms with Crippen LogP contribution in [0, 0.1) is 20.8 Å². The Morgan fingerprint density at radius 1 is 0.923 bits per heavy atom. The minimum atomic E-state index is -0.653. The number of amides is 2. The lowest BCUT2D eigenvalue weighted by Crippen LogP contribution is -2.53. The fourth-order valence-corrected chi connectivity index (χ4v) is 5.43. The summed E-state index contributed by atoms with van der Waals surface area (Å²) in [6, 6.07) is 21.4. The standard InChI is InChI=1S/C33H39BrN2O3/c1-23-14-16-27(17-15-23)21-36(31(37)22-39-29-18-24(2)32(34)25(3)19-29)30(20-26-10-6-4-7-11-26)33(38)35-28-12-8-5-9-13-28/h4,6-7,10-11,14-19,28,30H,5,8-9,12-13,20-22H2,1-3H3,(H,35,38)/t30-/m1/s1. The summed E-state index contributed by atoms with van der Waals surface area (Å²) in [6.07, 6.45) is 5.88. The molecule has 1 N–H and O–H groups in total. The molecule has 39 heavy (non-hydrogen) atoms. The molecule has 206 valence electrons. The third kappa shape index (κ3) is 8.18. The van der Waals surface area contributed by atoms with Gasteiger partial charge in [0.25, 0.3) is 5.91 Å². The van der Waals surface area contributed by atoms with Gasteiger partial charge in [-0.15, -0.1) is 0 Å². The zero-order valence-corrected chi connectivity index (χ0v) is 24.8. The number of hydrogen-bond acceptors (Lipinski definition) is 3. The predicted molar refractivity (Wildman–Crippen MR) is 160 cm³/mol. The van der Waals surface area contributed by atoms with E-state index in [-0.39, 0.29) is 24.5 Å². The number of carbonyl (C=O) groups is 2. The molecule has 1 fully saturated rings. The van der Waals surface area contributed by atoms with E-state index in [1.54, 1.807) is 4.90 Å². The van der Waals surface area contributed by atoms with Gasteiger partial charge in [-0.05, 0) is 68.0 Å². The first kappa shape index (κ1) is 28.9. The lowest BCUT2D eigenvalue weighted by Gasteiger charge is -2.33. The molecule has 1 aliphatic rings. The summed E-state index contributed by atoms with van der Waals surface area (Å²) in [7, 11) is 0. The molecule has 0 heterocycles. The van der Waals surface area contributed by atoms with Gasteiger partial charge < -0.3 is 15.0 Å². The fraction of sp³-hybridized carbons (Fsp3) is 0.394. The van der Waals surface area contributed by atoms with E-state index in [0.717, 1.165) is 58.0 Å². The van der Waals surface area contributed by atoms with Crippen molar-refractivity contribution in [3.63, 3.8) is 0 Å². The van der Waals surface area contributed by atoms with Gasteiger partial charge in [0.1, 0.15) is 11.8 Å². The zero-order chi connectivity index (χ0) is 27.8. The Morgan fingerprint density at radius 3 is 2.21 bits per heavy atom. The molecule has 1 saturated carbocycles. The van der Waals surface area contributed by atoms with Gasteiger partial charge in [-0.2, -0.15) is 0 Å². The molecule has 4 rings (SSSR count). The summed E-state index contributed by atoms with van der Waals surface area (Å²) in [5.41, 5.74) is 5.23. The summed E-state index contributed by atoms with van der Waals surface area (Å²) in [6.45, 7) is 6.23. The summed E-state index contributed by atoms with van der Waals surface area (Å²) in [5.74, 6) is 0.332. The Kier molecular flexibility index (Phi) is 10.2. The highest BCUT2D eigenvalue weighted by atomic mass is 79.9. The second kappa shape index (κ2) is 13.8.